The Labute approximate surface area is 184 Å². The summed E-state index contributed by atoms with van der Waals surface area (Å²) in [4.78, 5) is 0. The second-order valence-corrected chi connectivity index (χ2v) is 9.48. The number of halogens is 3. The second kappa shape index (κ2) is 9.94. The molecule has 3 heteroatoms. The summed E-state index contributed by atoms with van der Waals surface area (Å²) in [6.07, 6.45) is 12.3. The number of benzene rings is 2. The van der Waals surface area contributed by atoms with Crippen molar-refractivity contribution < 1.29 is 13.2 Å². The first-order valence-corrected chi connectivity index (χ1v) is 11.8. The van der Waals surface area contributed by atoms with Crippen molar-refractivity contribution in [2.75, 3.05) is 0 Å². The average Bonchev–Trinajstić information content (AvgIpc) is 2.79. The van der Waals surface area contributed by atoms with Crippen molar-refractivity contribution in [3.05, 3.63) is 70.5 Å². The molecule has 31 heavy (non-hydrogen) atoms. The summed E-state index contributed by atoms with van der Waals surface area (Å²) in [5.41, 5.74) is 2.29. The van der Waals surface area contributed by atoms with Gasteiger partial charge in [-0.05, 0) is 85.6 Å². The Hall–Kier alpha value is -2.21. The fourth-order valence-corrected chi connectivity index (χ4v) is 5.65. The number of fused-ring (bicyclic) bond motifs is 1. The van der Waals surface area contributed by atoms with E-state index in [4.69, 9.17) is 0 Å². The van der Waals surface area contributed by atoms with Gasteiger partial charge in [-0.2, -0.15) is 0 Å². The third-order valence-electron chi connectivity index (χ3n) is 7.40. The molecule has 0 aliphatic heterocycles. The van der Waals surface area contributed by atoms with Gasteiger partial charge in [-0.1, -0.05) is 56.6 Å². The predicted octanol–water partition coefficient (Wildman–Crippen LogP) is 7.99. The zero-order chi connectivity index (χ0) is 21.8. The van der Waals surface area contributed by atoms with E-state index < -0.39 is 17.5 Å². The number of unbranched alkanes of at least 4 members (excludes halogenated alkanes) is 1. The molecule has 2 aliphatic rings. The molecule has 0 bridgehead atoms. The van der Waals surface area contributed by atoms with E-state index in [0.717, 1.165) is 35.4 Å². The smallest absolute Gasteiger partial charge is 0.194 e. The Morgan fingerprint density at radius 2 is 1.45 bits per heavy atom. The van der Waals surface area contributed by atoms with Crippen molar-refractivity contribution >= 4 is 0 Å². The molecule has 0 radical (unpaired) electrons. The van der Waals surface area contributed by atoms with E-state index in [2.05, 4.69) is 30.9 Å². The van der Waals surface area contributed by atoms with Gasteiger partial charge in [0.15, 0.2) is 17.5 Å². The highest BCUT2D eigenvalue weighted by Gasteiger charge is 2.35. The summed E-state index contributed by atoms with van der Waals surface area (Å²) >= 11 is 0. The van der Waals surface area contributed by atoms with Crippen LogP contribution in [0.25, 0.3) is 0 Å². The quantitative estimate of drug-likeness (QED) is 0.345. The van der Waals surface area contributed by atoms with Crippen LogP contribution in [0.2, 0.25) is 0 Å². The van der Waals surface area contributed by atoms with Gasteiger partial charge in [0.1, 0.15) is 0 Å². The van der Waals surface area contributed by atoms with E-state index >= 15 is 0 Å². The van der Waals surface area contributed by atoms with Crippen molar-refractivity contribution in [1.29, 1.82) is 0 Å². The molecule has 0 spiro atoms. The molecule has 164 valence electrons. The molecule has 2 aliphatic carbocycles. The number of hydrogen-bond donors (Lipinski definition) is 0. The minimum Gasteiger partial charge on any atom is -0.204 e. The Morgan fingerprint density at radius 1 is 0.806 bits per heavy atom. The van der Waals surface area contributed by atoms with Crippen LogP contribution in [0.4, 0.5) is 13.2 Å². The average molecular weight is 425 g/mol. The highest BCUT2D eigenvalue weighted by atomic mass is 19.2. The summed E-state index contributed by atoms with van der Waals surface area (Å²) in [6, 6.07) is 10.1. The molecule has 4 rings (SSSR count). The zero-order valence-electron chi connectivity index (χ0n) is 18.3. The van der Waals surface area contributed by atoms with Crippen molar-refractivity contribution in [3.63, 3.8) is 0 Å². The minimum absolute atomic E-state index is 0.133. The lowest BCUT2D eigenvalue weighted by molar-refractivity contribution is 0.113. The van der Waals surface area contributed by atoms with E-state index in [0.29, 0.717) is 5.92 Å². The molecule has 4 atom stereocenters. The van der Waals surface area contributed by atoms with E-state index in [1.165, 1.54) is 63.4 Å². The van der Waals surface area contributed by atoms with Crippen molar-refractivity contribution in [3.8, 4) is 11.8 Å². The molecule has 0 saturated heterocycles. The molecular formula is C28H31F3. The van der Waals surface area contributed by atoms with Gasteiger partial charge in [-0.25, -0.2) is 13.2 Å². The van der Waals surface area contributed by atoms with Crippen LogP contribution in [-0.2, 0) is 0 Å². The molecule has 0 amide bonds. The molecule has 4 unspecified atom stereocenters. The monoisotopic (exact) mass is 424 g/mol. The molecule has 0 aromatic heterocycles. The van der Waals surface area contributed by atoms with Gasteiger partial charge < -0.3 is 0 Å². The topological polar surface area (TPSA) is 0 Å². The van der Waals surface area contributed by atoms with Crippen LogP contribution in [0.15, 0.2) is 36.4 Å². The summed E-state index contributed by atoms with van der Waals surface area (Å²) in [6.45, 7) is 2.29. The molecular weight excluding hydrogens is 393 g/mol. The largest absolute Gasteiger partial charge is 0.204 e. The van der Waals surface area contributed by atoms with Crippen molar-refractivity contribution in [1.82, 2.24) is 0 Å². The molecule has 2 saturated carbocycles. The van der Waals surface area contributed by atoms with Gasteiger partial charge in [0.25, 0.3) is 0 Å². The van der Waals surface area contributed by atoms with E-state index in [1.54, 1.807) is 0 Å². The maximum atomic E-state index is 13.3. The molecule has 0 heterocycles. The highest BCUT2D eigenvalue weighted by Crippen LogP contribution is 2.48. The first kappa shape index (κ1) is 22.0. The van der Waals surface area contributed by atoms with Gasteiger partial charge in [-0.3, -0.25) is 0 Å². The maximum Gasteiger partial charge on any atom is 0.194 e. The Kier molecular flexibility index (Phi) is 7.06. The van der Waals surface area contributed by atoms with E-state index in [1.807, 2.05) is 12.1 Å². The summed E-state index contributed by atoms with van der Waals surface area (Å²) in [5.74, 6) is 5.15. The maximum absolute atomic E-state index is 13.3. The van der Waals surface area contributed by atoms with Crippen LogP contribution in [0.5, 0.6) is 0 Å². The lowest BCUT2D eigenvalue weighted by Gasteiger charge is -2.42. The zero-order valence-corrected chi connectivity index (χ0v) is 18.3. The van der Waals surface area contributed by atoms with Crippen LogP contribution < -0.4 is 0 Å². The van der Waals surface area contributed by atoms with Crippen molar-refractivity contribution in [2.24, 2.45) is 17.8 Å². The Morgan fingerprint density at radius 3 is 2.16 bits per heavy atom. The van der Waals surface area contributed by atoms with Crippen LogP contribution >= 0.6 is 0 Å². The van der Waals surface area contributed by atoms with Crippen LogP contribution in [-0.4, -0.2) is 0 Å². The first-order chi connectivity index (χ1) is 15.0. The van der Waals surface area contributed by atoms with Gasteiger partial charge >= 0.3 is 0 Å². The van der Waals surface area contributed by atoms with Gasteiger partial charge in [-0.15, -0.1) is 0 Å². The van der Waals surface area contributed by atoms with Gasteiger partial charge in [0.2, 0.25) is 0 Å². The second-order valence-electron chi connectivity index (χ2n) is 9.48. The number of rotatable bonds is 4. The lowest BCUT2D eigenvalue weighted by Crippen LogP contribution is -2.30. The summed E-state index contributed by atoms with van der Waals surface area (Å²) < 4.78 is 39.7. The minimum atomic E-state index is -1.46. The third kappa shape index (κ3) is 5.35. The third-order valence-corrected chi connectivity index (χ3v) is 7.40. The fourth-order valence-electron chi connectivity index (χ4n) is 5.65. The van der Waals surface area contributed by atoms with Crippen LogP contribution in [0.1, 0.15) is 87.3 Å². The summed E-state index contributed by atoms with van der Waals surface area (Å²) in [5, 5.41) is 0. The first-order valence-electron chi connectivity index (χ1n) is 11.8. The lowest BCUT2D eigenvalue weighted by atomic mass is 9.63. The Balaban J connectivity index is 1.37. The molecule has 2 aromatic rings. The predicted molar refractivity (Wildman–Crippen MR) is 119 cm³/mol. The van der Waals surface area contributed by atoms with Gasteiger partial charge in [0.05, 0.1) is 0 Å². The summed E-state index contributed by atoms with van der Waals surface area (Å²) in [7, 11) is 0. The van der Waals surface area contributed by atoms with E-state index in [9.17, 15) is 13.2 Å². The molecule has 2 fully saturated rings. The van der Waals surface area contributed by atoms with Gasteiger partial charge in [0, 0.05) is 11.1 Å². The standard InChI is InChI=1S/C28H31F3/c1-2-3-4-20-9-12-25-18-24(14-13-23(25)15-20)22-10-7-19(8-11-22)5-6-21-16-26(29)28(31)27(30)17-21/h7-8,10-11,16-17,20,23-25H,2-4,9,12-15,18H2,1H3. The highest BCUT2D eigenvalue weighted by molar-refractivity contribution is 5.44. The van der Waals surface area contributed by atoms with E-state index in [-0.39, 0.29) is 5.56 Å². The normalized spacial score (nSPS) is 25.4. The molecule has 0 N–H and O–H groups in total. The Bertz CT molecular complexity index is 927. The van der Waals surface area contributed by atoms with Crippen LogP contribution in [0.3, 0.4) is 0 Å². The SMILES string of the molecule is CCCCC1CCC2CC(c3ccc(C#Cc4cc(F)c(F)c(F)c4)cc3)CCC2C1. The van der Waals surface area contributed by atoms with Crippen LogP contribution in [0, 0.1) is 47.0 Å². The number of hydrogen-bond acceptors (Lipinski definition) is 0. The molecule has 2 aromatic carbocycles. The van der Waals surface area contributed by atoms with Crippen molar-refractivity contribution in [2.45, 2.75) is 70.6 Å². The fraction of sp³-hybridized carbons (Fsp3) is 0.500. The molecule has 0 nitrogen and oxygen atoms in total.